The van der Waals surface area contributed by atoms with Gasteiger partial charge in [-0.1, -0.05) is 38.5 Å². The second-order valence-corrected chi connectivity index (χ2v) is 10.3. The molecule has 0 aromatic heterocycles. The highest BCUT2D eigenvalue weighted by Gasteiger charge is 2.34. The summed E-state index contributed by atoms with van der Waals surface area (Å²) in [5.74, 6) is 0.0907. The monoisotopic (exact) mass is 471 g/mol. The molecule has 6 nitrogen and oxygen atoms in total. The van der Waals surface area contributed by atoms with Crippen LogP contribution in [0.2, 0.25) is 0 Å². The van der Waals surface area contributed by atoms with E-state index in [1.807, 2.05) is 0 Å². The Morgan fingerprint density at radius 3 is 1.91 bits per heavy atom. The number of nitrogens with zero attached hydrogens (tertiary/aromatic N) is 2. The van der Waals surface area contributed by atoms with Crippen LogP contribution < -0.4 is 10.6 Å². The molecule has 0 aliphatic heterocycles. The molecule has 0 spiro atoms. The van der Waals surface area contributed by atoms with E-state index in [1.54, 1.807) is 29.2 Å². The first-order chi connectivity index (χ1) is 16.5. The highest BCUT2D eigenvalue weighted by Crippen LogP contribution is 2.30. The zero-order valence-electron chi connectivity index (χ0n) is 21.6. The molecule has 6 heteroatoms. The lowest BCUT2D eigenvalue weighted by molar-refractivity contribution is -0.896. The maximum absolute atomic E-state index is 13.9. The first-order valence-electron chi connectivity index (χ1n) is 13.8. The third kappa shape index (κ3) is 7.46. The Hall–Kier alpha value is -2.08. The molecule has 34 heavy (non-hydrogen) atoms. The molecule has 0 unspecified atom stereocenters. The number of quaternary nitrogens is 1. The minimum Gasteiger partial charge on any atom is -0.399 e. The summed E-state index contributed by atoms with van der Waals surface area (Å²) in [5.41, 5.74) is 7.10. The Morgan fingerprint density at radius 2 is 1.41 bits per heavy atom. The molecule has 2 amide bonds. The fraction of sp³-hybridized carbons (Fsp3) is 0.714. The van der Waals surface area contributed by atoms with Crippen LogP contribution in [0, 0.1) is 0 Å². The fourth-order valence-corrected chi connectivity index (χ4v) is 5.85. The molecule has 0 radical (unpaired) electrons. The van der Waals surface area contributed by atoms with Crippen molar-refractivity contribution in [2.24, 2.45) is 0 Å². The van der Waals surface area contributed by atoms with E-state index < -0.39 is 0 Å². The van der Waals surface area contributed by atoms with Crippen molar-refractivity contribution >= 4 is 17.5 Å². The molecule has 190 valence electrons. The van der Waals surface area contributed by atoms with Gasteiger partial charge in [0.15, 0.2) is 0 Å². The van der Waals surface area contributed by atoms with Crippen LogP contribution in [0.25, 0.3) is 0 Å². The van der Waals surface area contributed by atoms with Gasteiger partial charge in [-0.25, -0.2) is 0 Å². The van der Waals surface area contributed by atoms with Gasteiger partial charge in [-0.15, -0.1) is 0 Å². The Labute approximate surface area is 206 Å². The van der Waals surface area contributed by atoms with Crippen LogP contribution in [-0.4, -0.2) is 66.4 Å². The summed E-state index contributed by atoms with van der Waals surface area (Å²) in [4.78, 5) is 32.9. The van der Waals surface area contributed by atoms with Gasteiger partial charge in [0.25, 0.3) is 5.91 Å². The van der Waals surface area contributed by atoms with Gasteiger partial charge >= 0.3 is 0 Å². The Bertz CT molecular complexity index is 732. The fourth-order valence-electron chi connectivity index (χ4n) is 5.85. The number of hydrogen-bond donors (Lipinski definition) is 2. The molecule has 0 bridgehead atoms. The Kier molecular flexibility index (Phi) is 10.7. The Balaban J connectivity index is 1.75. The van der Waals surface area contributed by atoms with Crippen molar-refractivity contribution in [1.82, 2.24) is 9.80 Å². The topological polar surface area (TPSA) is 71.1 Å². The number of carbonyl (C=O) groups excluding carboxylic acids is 2. The lowest BCUT2D eigenvalue weighted by Crippen LogP contribution is -3.11. The van der Waals surface area contributed by atoms with E-state index >= 15 is 0 Å². The van der Waals surface area contributed by atoms with E-state index in [-0.39, 0.29) is 18.4 Å². The van der Waals surface area contributed by atoms with E-state index in [2.05, 4.69) is 18.7 Å². The number of nitrogens with two attached hydrogens (primary N) is 1. The molecule has 0 atom stereocenters. The highest BCUT2D eigenvalue weighted by molar-refractivity contribution is 5.96. The molecule has 2 aliphatic carbocycles. The molecule has 3 N–H and O–H groups in total. The summed E-state index contributed by atoms with van der Waals surface area (Å²) >= 11 is 0. The summed E-state index contributed by atoms with van der Waals surface area (Å²) in [6.45, 7) is 8.38. The molecule has 1 aromatic carbocycles. The molecular formula is C28H47N4O2+. The summed E-state index contributed by atoms with van der Waals surface area (Å²) in [5, 5.41) is 0. The van der Waals surface area contributed by atoms with Crippen LogP contribution >= 0.6 is 0 Å². The molecule has 2 aliphatic rings. The maximum Gasteiger partial charge on any atom is 0.254 e. The van der Waals surface area contributed by atoms with Gasteiger partial charge in [-0.05, 0) is 63.8 Å². The van der Waals surface area contributed by atoms with Crippen LogP contribution in [-0.2, 0) is 4.79 Å². The molecule has 2 saturated carbocycles. The third-order valence-corrected chi connectivity index (χ3v) is 7.95. The molecule has 2 fully saturated rings. The first-order valence-corrected chi connectivity index (χ1v) is 13.8. The predicted molar refractivity (Wildman–Crippen MR) is 139 cm³/mol. The van der Waals surface area contributed by atoms with E-state index in [0.717, 1.165) is 51.7 Å². The van der Waals surface area contributed by atoms with E-state index in [1.165, 1.54) is 43.4 Å². The van der Waals surface area contributed by atoms with Crippen molar-refractivity contribution < 1.29 is 14.5 Å². The number of rotatable bonds is 11. The van der Waals surface area contributed by atoms with Crippen LogP contribution in [0.1, 0.15) is 94.8 Å². The van der Waals surface area contributed by atoms with Crippen molar-refractivity contribution in [3.63, 3.8) is 0 Å². The smallest absolute Gasteiger partial charge is 0.254 e. The summed E-state index contributed by atoms with van der Waals surface area (Å²) in [7, 11) is 0. The molecule has 0 heterocycles. The van der Waals surface area contributed by atoms with Crippen LogP contribution in [0.15, 0.2) is 24.3 Å². The summed E-state index contributed by atoms with van der Waals surface area (Å²) in [6, 6.07) is 7.79. The molecule has 0 saturated heterocycles. The van der Waals surface area contributed by atoms with Crippen LogP contribution in [0.3, 0.4) is 0 Å². The number of carbonyl (C=O) groups is 2. The van der Waals surface area contributed by atoms with Crippen molar-refractivity contribution in [2.45, 2.75) is 96.6 Å². The average Bonchev–Trinajstić information content (AvgIpc) is 2.87. The molecule has 3 rings (SSSR count). The van der Waals surface area contributed by atoms with Crippen molar-refractivity contribution in [3.05, 3.63) is 29.8 Å². The van der Waals surface area contributed by atoms with Gasteiger partial charge in [0, 0.05) is 36.3 Å². The maximum atomic E-state index is 13.9. The largest absolute Gasteiger partial charge is 0.399 e. The van der Waals surface area contributed by atoms with Crippen LogP contribution in [0.5, 0.6) is 0 Å². The van der Waals surface area contributed by atoms with Gasteiger partial charge in [-0.2, -0.15) is 0 Å². The third-order valence-electron chi connectivity index (χ3n) is 7.95. The number of amides is 2. The zero-order valence-corrected chi connectivity index (χ0v) is 21.6. The minimum absolute atomic E-state index is 0.0601. The van der Waals surface area contributed by atoms with Gasteiger partial charge in [-0.3, -0.25) is 9.59 Å². The van der Waals surface area contributed by atoms with Gasteiger partial charge in [0.05, 0.1) is 19.6 Å². The lowest BCUT2D eigenvalue weighted by Gasteiger charge is -2.42. The number of benzene rings is 1. The van der Waals surface area contributed by atoms with Gasteiger partial charge < -0.3 is 20.4 Å². The minimum atomic E-state index is -0.0601. The Morgan fingerprint density at radius 1 is 0.882 bits per heavy atom. The van der Waals surface area contributed by atoms with Crippen LogP contribution in [0.4, 0.5) is 5.69 Å². The van der Waals surface area contributed by atoms with Gasteiger partial charge in [0.2, 0.25) is 5.91 Å². The van der Waals surface area contributed by atoms with E-state index in [9.17, 15) is 9.59 Å². The van der Waals surface area contributed by atoms with Gasteiger partial charge in [0.1, 0.15) is 6.54 Å². The number of nitrogens with one attached hydrogen (secondary N) is 1. The summed E-state index contributed by atoms with van der Waals surface area (Å²) < 4.78 is 0. The standard InChI is InChI=1S/C28H46N4O2/c1-3-30(4-2)20-11-21-31(28(34)23-16-18-24(29)19-17-23)22-27(33)32(25-12-7-5-8-13-25)26-14-9-6-10-15-26/h16-19,25-26H,3-15,20-22,29H2,1-2H3/p+1. The first kappa shape index (κ1) is 26.5. The second-order valence-electron chi connectivity index (χ2n) is 10.3. The van der Waals surface area contributed by atoms with Crippen molar-refractivity contribution in [3.8, 4) is 0 Å². The highest BCUT2D eigenvalue weighted by atomic mass is 16.2. The summed E-state index contributed by atoms with van der Waals surface area (Å²) in [6.07, 6.45) is 12.7. The zero-order chi connectivity index (χ0) is 24.3. The normalized spacial score (nSPS) is 17.6. The van der Waals surface area contributed by atoms with Crippen molar-refractivity contribution in [2.75, 3.05) is 38.5 Å². The average molecular weight is 472 g/mol. The number of nitrogen functional groups attached to an aromatic ring is 1. The number of hydrogen-bond acceptors (Lipinski definition) is 3. The molecule has 1 aromatic rings. The van der Waals surface area contributed by atoms with E-state index in [0.29, 0.717) is 29.9 Å². The van der Waals surface area contributed by atoms with Crippen molar-refractivity contribution in [1.29, 1.82) is 0 Å². The lowest BCUT2D eigenvalue weighted by atomic mass is 9.88. The quantitative estimate of drug-likeness (QED) is 0.485. The SMILES string of the molecule is CC[NH+](CC)CCCN(CC(=O)N(C1CCCCC1)C1CCCCC1)C(=O)c1ccc(N)cc1. The second kappa shape index (κ2) is 13.7. The van der Waals surface area contributed by atoms with E-state index in [4.69, 9.17) is 5.73 Å². The molecular weight excluding hydrogens is 424 g/mol. The number of anilines is 1. The predicted octanol–water partition coefficient (Wildman–Crippen LogP) is 3.52.